The van der Waals surface area contributed by atoms with Crippen molar-refractivity contribution in [3.05, 3.63) is 54.1 Å². The molecule has 0 aromatic heterocycles. The van der Waals surface area contributed by atoms with E-state index in [9.17, 15) is 5.11 Å². The summed E-state index contributed by atoms with van der Waals surface area (Å²) in [6.45, 7) is 6.68. The molecule has 94 valence electrons. The first-order valence-corrected chi connectivity index (χ1v) is 7.12. The highest BCUT2D eigenvalue weighted by Crippen LogP contribution is 2.22. The second-order valence-electron chi connectivity index (χ2n) is 5.50. The molecule has 0 aliphatic rings. The van der Waals surface area contributed by atoms with Gasteiger partial charge in [-0.3, -0.25) is 0 Å². The third-order valence-electron chi connectivity index (χ3n) is 2.91. The van der Waals surface area contributed by atoms with Crippen LogP contribution in [-0.4, -0.2) is 5.11 Å². The number of phenolic OH excluding ortho intramolecular Hbond substituents is 1. The molecule has 18 heavy (non-hydrogen) atoms. The van der Waals surface area contributed by atoms with Crippen LogP contribution in [0.5, 0.6) is 5.75 Å². The summed E-state index contributed by atoms with van der Waals surface area (Å²) in [5, 5.41) is 11.8. The molecule has 0 amide bonds. The summed E-state index contributed by atoms with van der Waals surface area (Å²) in [5.41, 5.74) is 1.57. The molecule has 2 aromatic rings. The predicted octanol–water partition coefficient (Wildman–Crippen LogP) is 3.32. The first-order valence-electron chi connectivity index (χ1n) is 6.12. The Morgan fingerprint density at radius 2 is 1.22 bits per heavy atom. The highest BCUT2D eigenvalue weighted by atomic mass is 31.1. The number of aromatic hydroxyl groups is 1. The van der Waals surface area contributed by atoms with Gasteiger partial charge in [0.05, 0.1) is 0 Å². The molecule has 0 radical (unpaired) electrons. The zero-order valence-electron chi connectivity index (χ0n) is 11.1. The van der Waals surface area contributed by atoms with Crippen molar-refractivity contribution in [3.63, 3.8) is 0 Å². The van der Waals surface area contributed by atoms with E-state index in [1.165, 1.54) is 16.2 Å². The third-order valence-corrected chi connectivity index (χ3v) is 4.15. The molecule has 0 heterocycles. The highest BCUT2D eigenvalue weighted by molar-refractivity contribution is 7.55. The monoisotopic (exact) mass is 258 g/mol. The molecular formula is C16H19OP. The lowest BCUT2D eigenvalue weighted by Crippen LogP contribution is -2.12. The Hall–Kier alpha value is -1.33. The van der Waals surface area contributed by atoms with Crippen LogP contribution in [0.25, 0.3) is 0 Å². The summed E-state index contributed by atoms with van der Waals surface area (Å²) in [7, 11) is 0.642. The van der Waals surface area contributed by atoms with Gasteiger partial charge in [-0.15, -0.1) is 0 Å². The molecule has 2 rings (SSSR count). The van der Waals surface area contributed by atoms with Crippen molar-refractivity contribution < 1.29 is 5.11 Å². The normalized spacial score (nSPS) is 12.2. The molecule has 0 bridgehead atoms. The second kappa shape index (κ2) is 5.12. The predicted molar refractivity (Wildman–Crippen MR) is 80.8 cm³/mol. The topological polar surface area (TPSA) is 20.2 Å². The van der Waals surface area contributed by atoms with Gasteiger partial charge in [-0.05, 0) is 33.7 Å². The van der Waals surface area contributed by atoms with E-state index in [1.54, 1.807) is 12.1 Å². The number of benzene rings is 2. The summed E-state index contributed by atoms with van der Waals surface area (Å²) in [4.78, 5) is 0. The molecular weight excluding hydrogens is 239 g/mol. The van der Waals surface area contributed by atoms with Gasteiger partial charge in [-0.25, -0.2) is 0 Å². The van der Waals surface area contributed by atoms with Gasteiger partial charge in [0.25, 0.3) is 0 Å². The number of phenols is 1. The minimum Gasteiger partial charge on any atom is -0.508 e. The Balaban J connectivity index is 2.13. The van der Waals surface area contributed by atoms with Crippen LogP contribution in [0.3, 0.4) is 0 Å². The van der Waals surface area contributed by atoms with Crippen molar-refractivity contribution >= 4 is 19.2 Å². The maximum absolute atomic E-state index is 9.25. The molecule has 2 aromatic carbocycles. The van der Waals surface area contributed by atoms with Crippen LogP contribution in [0.1, 0.15) is 26.3 Å². The van der Waals surface area contributed by atoms with Gasteiger partial charge in [0.1, 0.15) is 5.75 Å². The van der Waals surface area contributed by atoms with Gasteiger partial charge in [-0.1, -0.05) is 65.8 Å². The minimum absolute atomic E-state index is 0.209. The van der Waals surface area contributed by atoms with E-state index in [1.807, 2.05) is 12.1 Å². The summed E-state index contributed by atoms with van der Waals surface area (Å²) in [5.74, 6) is 0.326. The van der Waals surface area contributed by atoms with Gasteiger partial charge in [0.2, 0.25) is 0 Å². The molecule has 0 aliphatic carbocycles. The molecule has 0 fully saturated rings. The fraction of sp³-hybridized carbons (Fsp3) is 0.250. The second-order valence-corrected chi connectivity index (χ2v) is 6.90. The zero-order chi connectivity index (χ0) is 13.2. The van der Waals surface area contributed by atoms with Crippen molar-refractivity contribution in [3.8, 4) is 5.75 Å². The van der Waals surface area contributed by atoms with Crippen LogP contribution in [0.2, 0.25) is 0 Å². The average Bonchev–Trinajstić information content (AvgIpc) is 2.32. The maximum Gasteiger partial charge on any atom is 0.115 e. The van der Waals surface area contributed by atoms with E-state index in [-0.39, 0.29) is 5.41 Å². The standard InChI is InChI=1S/C16H19OP/c1-16(2,3)12-4-8-14(9-5-12)18-15-10-6-13(17)7-11-15/h4-11,17-18H,1-3H3. The molecule has 0 saturated heterocycles. The van der Waals surface area contributed by atoms with Crippen molar-refractivity contribution in [1.29, 1.82) is 0 Å². The SMILES string of the molecule is CC(C)(C)c1ccc(Pc2ccc(O)cc2)cc1. The van der Waals surface area contributed by atoms with Gasteiger partial charge in [0.15, 0.2) is 0 Å². The van der Waals surface area contributed by atoms with Crippen LogP contribution in [0.15, 0.2) is 48.5 Å². The fourth-order valence-corrected chi connectivity index (χ4v) is 2.76. The van der Waals surface area contributed by atoms with Crippen LogP contribution in [0, 0.1) is 0 Å². The molecule has 0 aliphatic heterocycles. The Bertz CT molecular complexity index is 506. The summed E-state index contributed by atoms with van der Waals surface area (Å²) >= 11 is 0. The minimum atomic E-state index is 0.209. The maximum atomic E-state index is 9.25. The van der Waals surface area contributed by atoms with E-state index >= 15 is 0 Å². The molecule has 1 atom stereocenters. The van der Waals surface area contributed by atoms with Crippen molar-refractivity contribution in [2.24, 2.45) is 0 Å². The number of rotatable bonds is 2. The summed E-state index contributed by atoms with van der Waals surface area (Å²) in [6.07, 6.45) is 0. The van der Waals surface area contributed by atoms with Crippen LogP contribution in [0.4, 0.5) is 0 Å². The largest absolute Gasteiger partial charge is 0.508 e. The first-order chi connectivity index (χ1) is 8.45. The molecule has 0 spiro atoms. The van der Waals surface area contributed by atoms with E-state index in [0.29, 0.717) is 14.3 Å². The van der Waals surface area contributed by atoms with Crippen LogP contribution >= 0.6 is 8.58 Å². The van der Waals surface area contributed by atoms with Gasteiger partial charge in [-0.2, -0.15) is 0 Å². The highest BCUT2D eigenvalue weighted by Gasteiger charge is 2.12. The third kappa shape index (κ3) is 3.34. The molecule has 2 heteroatoms. The van der Waals surface area contributed by atoms with E-state index in [0.717, 1.165) is 0 Å². The van der Waals surface area contributed by atoms with Crippen molar-refractivity contribution in [2.75, 3.05) is 0 Å². The quantitative estimate of drug-likeness (QED) is 0.819. The van der Waals surface area contributed by atoms with Gasteiger partial charge < -0.3 is 5.11 Å². The summed E-state index contributed by atoms with van der Waals surface area (Å²) < 4.78 is 0. The molecule has 1 N–H and O–H groups in total. The lowest BCUT2D eigenvalue weighted by atomic mass is 9.87. The van der Waals surface area contributed by atoms with Crippen LogP contribution < -0.4 is 10.6 Å². The number of hydrogen-bond acceptors (Lipinski definition) is 1. The Morgan fingerprint density at radius 3 is 1.67 bits per heavy atom. The van der Waals surface area contributed by atoms with Crippen molar-refractivity contribution in [1.82, 2.24) is 0 Å². The molecule has 1 nitrogen and oxygen atoms in total. The molecule has 0 saturated carbocycles. The lowest BCUT2D eigenvalue weighted by molar-refractivity contribution is 0.475. The fourth-order valence-electron chi connectivity index (χ4n) is 1.76. The van der Waals surface area contributed by atoms with Crippen molar-refractivity contribution in [2.45, 2.75) is 26.2 Å². The zero-order valence-corrected chi connectivity index (χ0v) is 12.1. The Kier molecular flexibility index (Phi) is 3.73. The van der Waals surface area contributed by atoms with E-state index in [4.69, 9.17) is 0 Å². The Morgan fingerprint density at radius 1 is 0.778 bits per heavy atom. The molecule has 1 unspecified atom stereocenters. The summed E-state index contributed by atoms with van der Waals surface area (Å²) in [6, 6.07) is 16.3. The van der Waals surface area contributed by atoms with Crippen LogP contribution in [-0.2, 0) is 5.41 Å². The van der Waals surface area contributed by atoms with E-state index < -0.39 is 0 Å². The first kappa shape index (κ1) is 13.1. The van der Waals surface area contributed by atoms with Gasteiger partial charge >= 0.3 is 0 Å². The Labute approximate surface area is 111 Å². The van der Waals surface area contributed by atoms with E-state index in [2.05, 4.69) is 45.0 Å². The number of hydrogen-bond donors (Lipinski definition) is 1. The lowest BCUT2D eigenvalue weighted by Gasteiger charge is -2.19. The smallest absolute Gasteiger partial charge is 0.115 e. The van der Waals surface area contributed by atoms with Gasteiger partial charge in [0, 0.05) is 0 Å². The average molecular weight is 258 g/mol.